The monoisotopic (exact) mass is 225 g/mol. The van der Waals surface area contributed by atoms with Gasteiger partial charge in [-0.25, -0.2) is 0 Å². The molecule has 1 unspecified atom stereocenters. The van der Waals surface area contributed by atoms with Crippen LogP contribution in [0, 0.1) is 0 Å². The first-order valence-electron chi connectivity index (χ1n) is 5.34. The van der Waals surface area contributed by atoms with E-state index in [-0.39, 0.29) is 0 Å². The fraction of sp³-hybridized carbons (Fsp3) is 0.545. The molecule has 2 heterocycles. The summed E-state index contributed by atoms with van der Waals surface area (Å²) in [4.78, 5) is 6.39. The molecule has 0 radical (unpaired) electrons. The molecule has 0 spiro atoms. The van der Waals surface area contributed by atoms with Crippen molar-refractivity contribution in [3.05, 3.63) is 29.0 Å². The van der Waals surface area contributed by atoms with Crippen LogP contribution in [0.1, 0.15) is 18.4 Å². The Labute approximate surface area is 95.2 Å². The van der Waals surface area contributed by atoms with Crippen LogP contribution in [0.3, 0.4) is 0 Å². The highest BCUT2D eigenvalue weighted by Gasteiger charge is 2.23. The topological polar surface area (TPSA) is 42.1 Å². The van der Waals surface area contributed by atoms with Crippen LogP contribution >= 0.6 is 11.6 Å². The molecule has 0 aromatic carbocycles. The minimum absolute atomic E-state index is 0.522. The number of aromatic nitrogens is 1. The van der Waals surface area contributed by atoms with Gasteiger partial charge in [-0.15, -0.1) is 0 Å². The van der Waals surface area contributed by atoms with E-state index in [1.54, 1.807) is 12.4 Å². The van der Waals surface area contributed by atoms with Crippen LogP contribution in [0.4, 0.5) is 0 Å². The van der Waals surface area contributed by atoms with Crippen molar-refractivity contribution in [2.24, 2.45) is 5.73 Å². The van der Waals surface area contributed by atoms with Crippen molar-refractivity contribution in [1.82, 2.24) is 9.88 Å². The number of rotatable bonds is 3. The molecule has 2 rings (SSSR count). The van der Waals surface area contributed by atoms with E-state index in [9.17, 15) is 0 Å². The Bertz CT molecular complexity index is 329. The van der Waals surface area contributed by atoms with Crippen LogP contribution in [0.2, 0.25) is 5.02 Å². The average molecular weight is 226 g/mol. The van der Waals surface area contributed by atoms with E-state index in [0.717, 1.165) is 30.2 Å². The molecule has 1 saturated heterocycles. The predicted octanol–water partition coefficient (Wildman–Crippen LogP) is 1.66. The first kappa shape index (κ1) is 10.9. The Balaban J connectivity index is 2.05. The third-order valence-electron chi connectivity index (χ3n) is 3.00. The van der Waals surface area contributed by atoms with Crippen LogP contribution in [-0.2, 0) is 6.54 Å². The standard InChI is InChI=1S/C11H16ClN3/c12-11-7-14-4-3-9(11)8-15-5-1-2-10(15)6-13/h3-4,7,10H,1-2,5-6,8,13H2. The maximum Gasteiger partial charge on any atom is 0.0634 e. The summed E-state index contributed by atoms with van der Waals surface area (Å²) in [6.45, 7) is 2.76. The van der Waals surface area contributed by atoms with Gasteiger partial charge in [-0.1, -0.05) is 11.6 Å². The number of nitrogens with two attached hydrogens (primary N) is 1. The molecule has 0 bridgehead atoms. The summed E-state index contributed by atoms with van der Waals surface area (Å²) in [5.74, 6) is 0. The molecule has 4 heteroatoms. The van der Waals surface area contributed by atoms with E-state index in [0.29, 0.717) is 6.04 Å². The Hall–Kier alpha value is -0.640. The highest BCUT2D eigenvalue weighted by atomic mass is 35.5. The fourth-order valence-electron chi connectivity index (χ4n) is 2.12. The summed E-state index contributed by atoms with van der Waals surface area (Å²) >= 11 is 6.07. The first-order chi connectivity index (χ1) is 7.31. The van der Waals surface area contributed by atoms with Gasteiger partial charge in [-0.2, -0.15) is 0 Å². The van der Waals surface area contributed by atoms with Gasteiger partial charge in [0.15, 0.2) is 0 Å². The van der Waals surface area contributed by atoms with Crippen molar-refractivity contribution in [2.45, 2.75) is 25.4 Å². The zero-order chi connectivity index (χ0) is 10.7. The number of hydrogen-bond acceptors (Lipinski definition) is 3. The summed E-state index contributed by atoms with van der Waals surface area (Å²) in [7, 11) is 0. The van der Waals surface area contributed by atoms with E-state index in [4.69, 9.17) is 17.3 Å². The van der Waals surface area contributed by atoms with Crippen LogP contribution in [-0.4, -0.2) is 29.0 Å². The lowest BCUT2D eigenvalue weighted by molar-refractivity contribution is 0.250. The average Bonchev–Trinajstić information content (AvgIpc) is 2.69. The van der Waals surface area contributed by atoms with Crippen molar-refractivity contribution in [3.63, 3.8) is 0 Å². The zero-order valence-corrected chi connectivity index (χ0v) is 9.45. The Morgan fingerprint density at radius 1 is 1.60 bits per heavy atom. The van der Waals surface area contributed by atoms with E-state index >= 15 is 0 Å². The molecule has 82 valence electrons. The Morgan fingerprint density at radius 2 is 2.47 bits per heavy atom. The van der Waals surface area contributed by atoms with Crippen molar-refractivity contribution >= 4 is 11.6 Å². The molecule has 1 aromatic heterocycles. The highest BCUT2D eigenvalue weighted by molar-refractivity contribution is 6.31. The van der Waals surface area contributed by atoms with Gasteiger partial charge in [0.05, 0.1) is 5.02 Å². The van der Waals surface area contributed by atoms with Gasteiger partial charge < -0.3 is 5.73 Å². The van der Waals surface area contributed by atoms with E-state index < -0.39 is 0 Å². The fourth-order valence-corrected chi connectivity index (χ4v) is 2.30. The van der Waals surface area contributed by atoms with Crippen LogP contribution in [0.25, 0.3) is 0 Å². The van der Waals surface area contributed by atoms with Crippen molar-refractivity contribution in [2.75, 3.05) is 13.1 Å². The Morgan fingerprint density at radius 3 is 3.20 bits per heavy atom. The summed E-state index contributed by atoms with van der Waals surface area (Å²) in [5, 5.41) is 0.750. The molecule has 1 fully saturated rings. The smallest absolute Gasteiger partial charge is 0.0634 e. The molecule has 0 saturated carbocycles. The molecule has 0 aliphatic carbocycles. The van der Waals surface area contributed by atoms with Crippen molar-refractivity contribution in [1.29, 1.82) is 0 Å². The van der Waals surface area contributed by atoms with Gasteiger partial charge >= 0.3 is 0 Å². The van der Waals surface area contributed by atoms with Gasteiger partial charge in [0.25, 0.3) is 0 Å². The summed E-state index contributed by atoms with van der Waals surface area (Å²) < 4.78 is 0. The number of likely N-dealkylation sites (tertiary alicyclic amines) is 1. The third-order valence-corrected chi connectivity index (χ3v) is 3.34. The van der Waals surface area contributed by atoms with Gasteiger partial charge in [0, 0.05) is 31.5 Å². The Kier molecular flexibility index (Phi) is 3.57. The molecule has 1 aromatic rings. The first-order valence-corrected chi connectivity index (χ1v) is 5.71. The lowest BCUT2D eigenvalue weighted by Crippen LogP contribution is -2.34. The normalized spacial score (nSPS) is 22.1. The quantitative estimate of drug-likeness (QED) is 0.851. The van der Waals surface area contributed by atoms with Crippen molar-refractivity contribution < 1.29 is 0 Å². The molecular formula is C11H16ClN3. The maximum absolute atomic E-state index is 6.07. The van der Waals surface area contributed by atoms with Crippen molar-refractivity contribution in [3.8, 4) is 0 Å². The minimum Gasteiger partial charge on any atom is -0.329 e. The third kappa shape index (κ3) is 2.48. The second-order valence-corrected chi connectivity index (χ2v) is 4.38. The second kappa shape index (κ2) is 4.92. The lowest BCUT2D eigenvalue weighted by Gasteiger charge is -2.23. The SMILES string of the molecule is NCC1CCCN1Cc1ccncc1Cl. The molecule has 2 N–H and O–H groups in total. The lowest BCUT2D eigenvalue weighted by atomic mass is 10.2. The molecule has 15 heavy (non-hydrogen) atoms. The second-order valence-electron chi connectivity index (χ2n) is 3.97. The largest absolute Gasteiger partial charge is 0.329 e. The molecule has 1 atom stereocenters. The van der Waals surface area contributed by atoms with Gasteiger partial charge in [0.2, 0.25) is 0 Å². The highest BCUT2D eigenvalue weighted by Crippen LogP contribution is 2.22. The van der Waals surface area contributed by atoms with E-state index in [2.05, 4.69) is 9.88 Å². The van der Waals surface area contributed by atoms with Crippen LogP contribution in [0.15, 0.2) is 18.5 Å². The zero-order valence-electron chi connectivity index (χ0n) is 8.69. The molecule has 1 aliphatic heterocycles. The predicted molar refractivity (Wildman–Crippen MR) is 61.7 cm³/mol. The van der Waals surface area contributed by atoms with Crippen LogP contribution < -0.4 is 5.73 Å². The van der Waals surface area contributed by atoms with Gasteiger partial charge in [-0.05, 0) is 31.0 Å². The minimum atomic E-state index is 0.522. The number of hydrogen-bond donors (Lipinski definition) is 1. The molecule has 1 aliphatic rings. The van der Waals surface area contributed by atoms with E-state index in [1.807, 2.05) is 6.07 Å². The van der Waals surface area contributed by atoms with Gasteiger partial charge in [-0.3, -0.25) is 9.88 Å². The molecule has 0 amide bonds. The van der Waals surface area contributed by atoms with E-state index in [1.165, 1.54) is 12.8 Å². The summed E-state index contributed by atoms with van der Waals surface area (Å²) in [5.41, 5.74) is 6.87. The summed E-state index contributed by atoms with van der Waals surface area (Å²) in [6.07, 6.45) is 5.93. The number of halogens is 1. The molecular weight excluding hydrogens is 210 g/mol. The molecule has 3 nitrogen and oxygen atoms in total. The van der Waals surface area contributed by atoms with Crippen LogP contribution in [0.5, 0.6) is 0 Å². The maximum atomic E-state index is 6.07. The van der Waals surface area contributed by atoms with Gasteiger partial charge in [0.1, 0.15) is 0 Å². The number of pyridine rings is 1. The number of nitrogens with zero attached hydrogens (tertiary/aromatic N) is 2. The summed E-state index contributed by atoms with van der Waals surface area (Å²) in [6, 6.07) is 2.50.